The summed E-state index contributed by atoms with van der Waals surface area (Å²) in [5.41, 5.74) is 9.48. The van der Waals surface area contributed by atoms with E-state index in [1.165, 1.54) is 0 Å². The second-order valence-corrected chi connectivity index (χ2v) is 5.51. The third-order valence-corrected chi connectivity index (χ3v) is 3.72. The fourth-order valence-electron chi connectivity index (χ4n) is 2.43. The van der Waals surface area contributed by atoms with Crippen LogP contribution in [0.3, 0.4) is 0 Å². The van der Waals surface area contributed by atoms with E-state index < -0.39 is 23.5 Å². The van der Waals surface area contributed by atoms with Crippen molar-refractivity contribution in [3.63, 3.8) is 0 Å². The maximum absolute atomic E-state index is 13.5. The number of alkyl halides is 3. The van der Waals surface area contributed by atoms with Gasteiger partial charge < -0.3 is 16.0 Å². The molecule has 9 heteroatoms. The predicted molar refractivity (Wildman–Crippen MR) is 78.4 cm³/mol. The Morgan fingerprint density at radius 1 is 1.21 bits per heavy atom. The molecule has 0 aliphatic heterocycles. The Balaban J connectivity index is 2.19. The molecule has 1 aliphatic carbocycles. The van der Waals surface area contributed by atoms with E-state index in [0.29, 0.717) is 11.6 Å². The van der Waals surface area contributed by atoms with Crippen molar-refractivity contribution in [2.24, 2.45) is 11.5 Å². The van der Waals surface area contributed by atoms with Crippen molar-refractivity contribution in [1.82, 2.24) is 9.55 Å². The zero-order valence-electron chi connectivity index (χ0n) is 12.2. The third kappa shape index (κ3) is 2.81. The number of hydrogen-bond acceptors (Lipinski definition) is 3. The minimum absolute atomic E-state index is 0.0506. The molecule has 0 saturated heterocycles. The van der Waals surface area contributed by atoms with E-state index in [-0.39, 0.29) is 23.0 Å². The highest BCUT2D eigenvalue weighted by Crippen LogP contribution is 2.41. The number of imidazole rings is 1. The Bertz CT molecular complexity index is 859. The summed E-state index contributed by atoms with van der Waals surface area (Å²) in [4.78, 5) is 4.12. The number of benzene rings is 1. The Hall–Kier alpha value is -2.58. The van der Waals surface area contributed by atoms with Gasteiger partial charge in [-0.15, -0.1) is 0 Å². The molecule has 24 heavy (non-hydrogen) atoms. The van der Waals surface area contributed by atoms with Crippen LogP contribution in [0.25, 0.3) is 16.6 Å². The lowest BCUT2D eigenvalue weighted by molar-refractivity contribution is -0.0925. The van der Waals surface area contributed by atoms with Crippen LogP contribution in [0.1, 0.15) is 24.7 Å². The Morgan fingerprint density at radius 2 is 1.83 bits per heavy atom. The summed E-state index contributed by atoms with van der Waals surface area (Å²) < 4.78 is 66.5. The van der Waals surface area contributed by atoms with E-state index in [2.05, 4.69) is 4.98 Å². The van der Waals surface area contributed by atoms with E-state index in [9.17, 15) is 22.0 Å². The van der Waals surface area contributed by atoms with Crippen molar-refractivity contribution < 1.29 is 22.0 Å². The van der Waals surface area contributed by atoms with Crippen molar-refractivity contribution in [2.45, 2.75) is 25.1 Å². The predicted octanol–water partition coefficient (Wildman–Crippen LogP) is 3.35. The molecule has 0 bridgehead atoms. The maximum Gasteiger partial charge on any atom is 0.430 e. The number of aromatic nitrogens is 2. The average Bonchev–Trinajstić information content (AvgIpc) is 3.27. The lowest BCUT2D eigenvalue weighted by atomic mass is 10.2. The highest BCUT2D eigenvalue weighted by Gasteiger charge is 2.33. The van der Waals surface area contributed by atoms with Crippen LogP contribution in [0, 0.1) is 11.6 Å². The Morgan fingerprint density at radius 3 is 2.38 bits per heavy atom. The average molecular weight is 344 g/mol. The molecule has 1 aromatic heterocycles. The van der Waals surface area contributed by atoms with Gasteiger partial charge in [0.1, 0.15) is 11.5 Å². The monoisotopic (exact) mass is 344 g/mol. The lowest BCUT2D eigenvalue weighted by Crippen LogP contribution is -2.19. The first-order valence-electron chi connectivity index (χ1n) is 7.06. The largest absolute Gasteiger partial charge is 0.430 e. The van der Waals surface area contributed by atoms with Gasteiger partial charge in [-0.1, -0.05) is 0 Å². The molecule has 0 unspecified atom stereocenters. The first kappa shape index (κ1) is 16.3. The zero-order valence-corrected chi connectivity index (χ0v) is 12.2. The molecule has 1 fully saturated rings. The second-order valence-electron chi connectivity index (χ2n) is 5.51. The quantitative estimate of drug-likeness (QED) is 0.663. The van der Waals surface area contributed by atoms with Crippen molar-refractivity contribution >= 4 is 16.6 Å². The van der Waals surface area contributed by atoms with Crippen molar-refractivity contribution in [3.8, 4) is 0 Å². The Labute approximate surface area is 133 Å². The molecule has 3 rings (SSSR count). The van der Waals surface area contributed by atoms with Gasteiger partial charge >= 0.3 is 6.18 Å². The van der Waals surface area contributed by atoms with Gasteiger partial charge in [0.05, 0.1) is 11.0 Å². The van der Waals surface area contributed by atoms with Gasteiger partial charge in [0.25, 0.3) is 0 Å². The molecule has 0 amide bonds. The molecule has 128 valence electrons. The molecule has 0 spiro atoms. The van der Waals surface area contributed by atoms with Crippen LogP contribution in [0.2, 0.25) is 0 Å². The number of allylic oxidation sites excluding steroid dienone is 3. The van der Waals surface area contributed by atoms with Gasteiger partial charge in [-0.2, -0.15) is 13.2 Å². The summed E-state index contributed by atoms with van der Waals surface area (Å²) in [5.74, 6) is -2.05. The van der Waals surface area contributed by atoms with Gasteiger partial charge in [-0.3, -0.25) is 0 Å². The molecule has 1 heterocycles. The van der Waals surface area contributed by atoms with E-state index in [1.807, 2.05) is 0 Å². The number of hydrogen-bond donors (Lipinski definition) is 2. The number of fused-ring (bicyclic) bond motifs is 1. The van der Waals surface area contributed by atoms with Crippen LogP contribution < -0.4 is 11.5 Å². The molecule has 1 aromatic carbocycles. The second kappa shape index (κ2) is 5.50. The highest BCUT2D eigenvalue weighted by atomic mass is 19.4. The number of nitrogens with two attached hydrogens (primary N) is 2. The summed E-state index contributed by atoms with van der Waals surface area (Å²) in [6.45, 7) is 0. The van der Waals surface area contributed by atoms with Crippen LogP contribution in [0.15, 0.2) is 30.1 Å². The molecule has 1 aliphatic rings. The molecule has 0 radical (unpaired) electrons. The van der Waals surface area contributed by atoms with E-state index in [0.717, 1.165) is 31.2 Å². The lowest BCUT2D eigenvalue weighted by Gasteiger charge is -2.10. The SMILES string of the molecule is N/C=C(\C=C(/N)C(F)(F)F)c1nc2cc(F)c(F)cc2n1C1CC1. The number of rotatable bonds is 3. The van der Waals surface area contributed by atoms with Gasteiger partial charge in [0.2, 0.25) is 0 Å². The van der Waals surface area contributed by atoms with Gasteiger partial charge in [0.15, 0.2) is 11.6 Å². The fraction of sp³-hybridized carbons (Fsp3) is 0.267. The first-order valence-corrected chi connectivity index (χ1v) is 7.06. The summed E-state index contributed by atoms with van der Waals surface area (Å²) >= 11 is 0. The molecular formula is C15H13F5N4. The van der Waals surface area contributed by atoms with Gasteiger partial charge in [0, 0.05) is 29.9 Å². The van der Waals surface area contributed by atoms with Crippen molar-refractivity contribution in [1.29, 1.82) is 0 Å². The summed E-state index contributed by atoms with van der Waals surface area (Å²) in [6, 6.07) is 1.83. The van der Waals surface area contributed by atoms with Crippen LogP contribution in [0.4, 0.5) is 22.0 Å². The third-order valence-electron chi connectivity index (χ3n) is 3.72. The normalized spacial score (nSPS) is 16.9. The van der Waals surface area contributed by atoms with E-state index in [4.69, 9.17) is 11.5 Å². The Kier molecular flexibility index (Phi) is 3.73. The van der Waals surface area contributed by atoms with Crippen LogP contribution in [-0.2, 0) is 0 Å². The van der Waals surface area contributed by atoms with Crippen LogP contribution in [-0.4, -0.2) is 15.7 Å². The fourth-order valence-corrected chi connectivity index (χ4v) is 2.43. The minimum atomic E-state index is -4.72. The molecule has 4 nitrogen and oxygen atoms in total. The maximum atomic E-state index is 13.5. The molecule has 1 saturated carbocycles. The molecule has 2 aromatic rings. The summed E-state index contributed by atoms with van der Waals surface area (Å²) in [6.07, 6.45) is -1.61. The van der Waals surface area contributed by atoms with E-state index in [1.54, 1.807) is 4.57 Å². The first-order chi connectivity index (χ1) is 11.2. The summed E-state index contributed by atoms with van der Waals surface area (Å²) in [7, 11) is 0. The van der Waals surface area contributed by atoms with Crippen LogP contribution >= 0.6 is 0 Å². The molecular weight excluding hydrogens is 331 g/mol. The minimum Gasteiger partial charge on any atom is -0.404 e. The number of halogens is 5. The summed E-state index contributed by atoms with van der Waals surface area (Å²) in [5, 5.41) is 0. The zero-order chi connectivity index (χ0) is 17.6. The van der Waals surface area contributed by atoms with Crippen molar-refractivity contribution in [2.75, 3.05) is 0 Å². The molecule has 0 atom stereocenters. The molecule has 4 N–H and O–H groups in total. The standard InChI is InChI=1S/C15H13F5N4/c16-9-4-11-12(5-10(9)17)24(8-1-2-8)14(23-11)7(6-21)3-13(22)15(18,19)20/h3-6,8H,1-2,21-22H2/b7-6+,13-3-. The highest BCUT2D eigenvalue weighted by molar-refractivity contribution is 5.83. The van der Waals surface area contributed by atoms with Gasteiger partial charge in [-0.05, 0) is 18.9 Å². The van der Waals surface area contributed by atoms with Crippen LogP contribution in [0.5, 0.6) is 0 Å². The van der Waals surface area contributed by atoms with E-state index >= 15 is 0 Å². The van der Waals surface area contributed by atoms with Crippen molar-refractivity contribution in [3.05, 3.63) is 47.6 Å². The van der Waals surface area contributed by atoms with Gasteiger partial charge in [-0.25, -0.2) is 13.8 Å². The topological polar surface area (TPSA) is 69.9 Å². The smallest absolute Gasteiger partial charge is 0.404 e. The number of nitrogens with zero attached hydrogens (tertiary/aromatic N) is 2.